The molecule has 29 heavy (non-hydrogen) atoms. The highest BCUT2D eigenvalue weighted by atomic mass is 19.4. The van der Waals surface area contributed by atoms with Gasteiger partial charge in [-0.15, -0.1) is 0 Å². The van der Waals surface area contributed by atoms with E-state index in [0.29, 0.717) is 25.1 Å². The van der Waals surface area contributed by atoms with Crippen LogP contribution < -0.4 is 4.90 Å². The van der Waals surface area contributed by atoms with Crippen LogP contribution >= 0.6 is 0 Å². The standard InChI is InChI=1S/C23H27F3N2O/c1-3-22(29)28(19-10-8-17(2)9-11-19)20-12-14-27(15-13-20)16-18-6-4-5-7-21(18)23(24,25)26/h4-11,20H,3,12-16H2,1-2H3. The zero-order chi connectivity index (χ0) is 21.0. The second kappa shape index (κ2) is 8.99. The molecule has 0 radical (unpaired) electrons. The molecule has 2 aromatic rings. The lowest BCUT2D eigenvalue weighted by molar-refractivity contribution is -0.138. The smallest absolute Gasteiger partial charge is 0.309 e. The first-order valence-corrected chi connectivity index (χ1v) is 10.1. The van der Waals surface area contributed by atoms with E-state index >= 15 is 0 Å². The van der Waals surface area contributed by atoms with Crippen LogP contribution in [0.4, 0.5) is 18.9 Å². The lowest BCUT2D eigenvalue weighted by Gasteiger charge is -2.39. The summed E-state index contributed by atoms with van der Waals surface area (Å²) >= 11 is 0. The van der Waals surface area contributed by atoms with Crippen LogP contribution in [0, 0.1) is 6.92 Å². The lowest BCUT2D eigenvalue weighted by Crippen LogP contribution is -2.47. The van der Waals surface area contributed by atoms with Crippen molar-refractivity contribution in [3.05, 3.63) is 65.2 Å². The summed E-state index contributed by atoms with van der Waals surface area (Å²) in [6, 6.07) is 13.8. The average Bonchev–Trinajstić information content (AvgIpc) is 2.70. The molecule has 0 spiro atoms. The average molecular weight is 404 g/mol. The molecule has 6 heteroatoms. The third kappa shape index (κ3) is 5.18. The number of hydrogen-bond acceptors (Lipinski definition) is 2. The van der Waals surface area contributed by atoms with Crippen LogP contribution in [-0.2, 0) is 17.5 Å². The van der Waals surface area contributed by atoms with Crippen LogP contribution in [0.25, 0.3) is 0 Å². The molecule has 0 aromatic heterocycles. The summed E-state index contributed by atoms with van der Waals surface area (Å²) in [6.07, 6.45) is -2.43. The second-order valence-corrected chi connectivity index (χ2v) is 7.62. The number of nitrogens with zero attached hydrogens (tertiary/aromatic N) is 2. The number of amides is 1. The van der Waals surface area contributed by atoms with Gasteiger partial charge in [0.15, 0.2) is 0 Å². The maximum Gasteiger partial charge on any atom is 0.416 e. The molecule has 0 bridgehead atoms. The molecular formula is C23H27F3N2O. The van der Waals surface area contributed by atoms with Crippen LogP contribution in [0.3, 0.4) is 0 Å². The van der Waals surface area contributed by atoms with Gasteiger partial charge in [0, 0.05) is 37.8 Å². The van der Waals surface area contributed by atoms with Gasteiger partial charge in [0.2, 0.25) is 5.91 Å². The van der Waals surface area contributed by atoms with Crippen molar-refractivity contribution in [2.75, 3.05) is 18.0 Å². The number of benzene rings is 2. The van der Waals surface area contributed by atoms with Crippen LogP contribution in [0.5, 0.6) is 0 Å². The zero-order valence-corrected chi connectivity index (χ0v) is 16.9. The summed E-state index contributed by atoms with van der Waals surface area (Å²) in [7, 11) is 0. The first-order valence-electron chi connectivity index (χ1n) is 10.1. The number of carbonyl (C=O) groups is 1. The summed E-state index contributed by atoms with van der Waals surface area (Å²) in [5.41, 5.74) is 1.77. The number of likely N-dealkylation sites (tertiary alicyclic amines) is 1. The third-order valence-corrected chi connectivity index (χ3v) is 5.52. The Balaban J connectivity index is 1.69. The van der Waals surface area contributed by atoms with Gasteiger partial charge in [-0.1, -0.05) is 42.8 Å². The molecule has 156 valence electrons. The minimum Gasteiger partial charge on any atom is -0.309 e. The number of anilines is 1. The lowest BCUT2D eigenvalue weighted by atomic mass is 9.99. The van der Waals surface area contributed by atoms with E-state index in [2.05, 4.69) is 0 Å². The summed E-state index contributed by atoms with van der Waals surface area (Å²) in [4.78, 5) is 16.5. The summed E-state index contributed by atoms with van der Waals surface area (Å²) in [5, 5.41) is 0. The fraction of sp³-hybridized carbons (Fsp3) is 0.435. The topological polar surface area (TPSA) is 23.6 Å². The molecule has 2 aromatic carbocycles. The summed E-state index contributed by atoms with van der Waals surface area (Å²) < 4.78 is 39.8. The van der Waals surface area contributed by atoms with Crippen molar-refractivity contribution in [2.24, 2.45) is 0 Å². The highest BCUT2D eigenvalue weighted by Crippen LogP contribution is 2.33. The molecule has 1 saturated heterocycles. The maximum absolute atomic E-state index is 13.3. The molecule has 0 N–H and O–H groups in total. The van der Waals surface area contributed by atoms with Crippen molar-refractivity contribution >= 4 is 11.6 Å². The number of halogens is 3. The number of piperidine rings is 1. The van der Waals surface area contributed by atoms with Crippen LogP contribution in [-0.4, -0.2) is 29.9 Å². The SMILES string of the molecule is CCC(=O)N(c1ccc(C)cc1)C1CCN(Cc2ccccc2C(F)(F)F)CC1. The fourth-order valence-electron chi connectivity index (χ4n) is 3.95. The van der Waals surface area contributed by atoms with Gasteiger partial charge in [0.25, 0.3) is 0 Å². The molecule has 3 nitrogen and oxygen atoms in total. The van der Waals surface area contributed by atoms with E-state index in [1.165, 1.54) is 6.07 Å². The van der Waals surface area contributed by atoms with Gasteiger partial charge in [-0.2, -0.15) is 13.2 Å². The van der Waals surface area contributed by atoms with Gasteiger partial charge in [-0.3, -0.25) is 9.69 Å². The Kier molecular flexibility index (Phi) is 6.63. The number of aryl methyl sites for hydroxylation is 1. The quantitative estimate of drug-likeness (QED) is 0.664. The molecule has 1 amide bonds. The molecule has 1 aliphatic rings. The third-order valence-electron chi connectivity index (χ3n) is 5.52. The van der Waals surface area contributed by atoms with E-state index in [4.69, 9.17) is 0 Å². The largest absolute Gasteiger partial charge is 0.416 e. The molecular weight excluding hydrogens is 377 g/mol. The predicted molar refractivity (Wildman–Crippen MR) is 109 cm³/mol. The van der Waals surface area contributed by atoms with E-state index in [1.807, 2.05) is 47.9 Å². The van der Waals surface area contributed by atoms with Gasteiger partial charge >= 0.3 is 6.18 Å². The Labute approximate surface area is 170 Å². The van der Waals surface area contributed by atoms with Crippen molar-refractivity contribution in [1.29, 1.82) is 0 Å². The first-order chi connectivity index (χ1) is 13.8. The monoisotopic (exact) mass is 404 g/mol. The van der Waals surface area contributed by atoms with Crippen molar-refractivity contribution in [3.63, 3.8) is 0 Å². The Morgan fingerprint density at radius 3 is 2.28 bits per heavy atom. The zero-order valence-electron chi connectivity index (χ0n) is 16.9. The van der Waals surface area contributed by atoms with Crippen molar-refractivity contribution < 1.29 is 18.0 Å². The van der Waals surface area contributed by atoms with Crippen molar-refractivity contribution in [3.8, 4) is 0 Å². The second-order valence-electron chi connectivity index (χ2n) is 7.62. The van der Waals surface area contributed by atoms with Gasteiger partial charge in [0.1, 0.15) is 0 Å². The molecule has 1 heterocycles. The predicted octanol–water partition coefficient (Wildman–Crippen LogP) is 5.42. The summed E-state index contributed by atoms with van der Waals surface area (Å²) in [5.74, 6) is 0.0784. The Bertz CT molecular complexity index is 825. The Morgan fingerprint density at radius 2 is 1.69 bits per heavy atom. The van der Waals surface area contributed by atoms with Crippen LogP contribution in [0.15, 0.2) is 48.5 Å². The maximum atomic E-state index is 13.3. The molecule has 3 rings (SSSR count). The molecule has 1 aliphatic heterocycles. The minimum atomic E-state index is -4.34. The molecule has 0 atom stereocenters. The first kappa shape index (κ1) is 21.4. The van der Waals surface area contributed by atoms with Gasteiger partial charge in [0.05, 0.1) is 5.56 Å². The molecule has 0 saturated carbocycles. The van der Waals surface area contributed by atoms with E-state index in [1.54, 1.807) is 12.1 Å². The van der Waals surface area contributed by atoms with Gasteiger partial charge in [-0.25, -0.2) is 0 Å². The number of hydrogen-bond donors (Lipinski definition) is 0. The van der Waals surface area contributed by atoms with Crippen molar-refractivity contribution in [2.45, 2.75) is 51.9 Å². The highest BCUT2D eigenvalue weighted by Gasteiger charge is 2.34. The summed E-state index contributed by atoms with van der Waals surface area (Å²) in [6.45, 7) is 5.46. The van der Waals surface area contributed by atoms with Gasteiger partial charge < -0.3 is 4.90 Å². The minimum absolute atomic E-state index is 0.0688. The van der Waals surface area contributed by atoms with Crippen LogP contribution in [0.1, 0.15) is 42.9 Å². The molecule has 1 fully saturated rings. The molecule has 0 aliphatic carbocycles. The Morgan fingerprint density at radius 1 is 1.07 bits per heavy atom. The number of carbonyl (C=O) groups excluding carboxylic acids is 1. The van der Waals surface area contributed by atoms with E-state index in [9.17, 15) is 18.0 Å². The van der Waals surface area contributed by atoms with Crippen LogP contribution in [0.2, 0.25) is 0 Å². The Hall–Kier alpha value is -2.34. The highest BCUT2D eigenvalue weighted by molar-refractivity contribution is 5.93. The van der Waals surface area contributed by atoms with E-state index < -0.39 is 11.7 Å². The van der Waals surface area contributed by atoms with E-state index in [0.717, 1.165) is 30.2 Å². The molecule has 0 unspecified atom stereocenters. The fourth-order valence-corrected chi connectivity index (χ4v) is 3.95. The van der Waals surface area contributed by atoms with Gasteiger partial charge in [-0.05, 0) is 43.5 Å². The number of rotatable bonds is 5. The number of alkyl halides is 3. The normalized spacial score (nSPS) is 16.0. The van der Waals surface area contributed by atoms with Crippen molar-refractivity contribution in [1.82, 2.24) is 4.90 Å². The van der Waals surface area contributed by atoms with E-state index in [-0.39, 0.29) is 18.5 Å².